The van der Waals surface area contributed by atoms with E-state index in [1.807, 2.05) is 0 Å². The van der Waals surface area contributed by atoms with Crippen LogP contribution in [0.5, 0.6) is 0 Å². The summed E-state index contributed by atoms with van der Waals surface area (Å²) in [7, 11) is -3.05. The number of rotatable bonds is 6. The van der Waals surface area contributed by atoms with E-state index in [-0.39, 0.29) is 30.9 Å². The van der Waals surface area contributed by atoms with Crippen LogP contribution >= 0.6 is 8.25 Å². The SMILES string of the molecule is C#CCCC(=O)N1CC2(CO)OC(N3C=C(C)C(=O)NC3O)C1C2O[P+](=O)O. The molecule has 12 heteroatoms. The predicted molar refractivity (Wildman–Crippen MR) is 92.7 cm³/mol. The number of nitrogens with zero attached hydrogens (tertiary/aromatic N) is 2. The number of carbonyl (C=O) groups is 2. The number of fused-ring (bicyclic) bond motifs is 2. The first-order valence-corrected chi connectivity index (χ1v) is 9.66. The van der Waals surface area contributed by atoms with Crippen molar-refractivity contribution >= 4 is 20.1 Å². The molecule has 28 heavy (non-hydrogen) atoms. The topological polar surface area (TPSA) is 149 Å². The molecule has 3 heterocycles. The van der Waals surface area contributed by atoms with Crippen LogP contribution in [-0.2, 0) is 23.4 Å². The molecular formula is C16H21N3O8P+. The highest BCUT2D eigenvalue weighted by atomic mass is 31.1. The number of likely N-dealkylation sites (tertiary alicyclic amines) is 1. The van der Waals surface area contributed by atoms with Crippen molar-refractivity contribution in [1.29, 1.82) is 0 Å². The lowest BCUT2D eigenvalue weighted by Gasteiger charge is -2.43. The molecular weight excluding hydrogens is 393 g/mol. The van der Waals surface area contributed by atoms with Crippen LogP contribution in [-0.4, -0.2) is 80.2 Å². The fourth-order valence-electron chi connectivity index (χ4n) is 3.79. The lowest BCUT2D eigenvalue weighted by atomic mass is 10.0. The fraction of sp³-hybridized carbons (Fsp3) is 0.625. The van der Waals surface area contributed by atoms with Crippen LogP contribution in [0.15, 0.2) is 11.8 Å². The molecule has 4 N–H and O–H groups in total. The van der Waals surface area contributed by atoms with Crippen LogP contribution in [0, 0.1) is 12.3 Å². The molecule has 0 aliphatic carbocycles. The van der Waals surface area contributed by atoms with Crippen LogP contribution in [0.2, 0.25) is 0 Å². The molecule has 6 atom stereocenters. The van der Waals surface area contributed by atoms with Gasteiger partial charge in [0, 0.05) is 29.2 Å². The third-order valence-corrected chi connectivity index (χ3v) is 5.49. The Balaban J connectivity index is 1.98. The van der Waals surface area contributed by atoms with Crippen molar-refractivity contribution in [2.75, 3.05) is 13.2 Å². The van der Waals surface area contributed by atoms with Gasteiger partial charge in [-0.25, -0.2) is 0 Å². The third-order valence-electron chi connectivity index (χ3n) is 5.09. The number of hydrogen-bond donors (Lipinski definition) is 4. The standard InChI is InChI=1S/C16H20N3O8P/c1-3-4-5-10(21)19-7-16(8-20)12(27-28(24)25)11(19)14(26-16)18-6-9(2)13(22)17-15(18)23/h1,6,11-12,14-15,20,23H,4-5,7-8H2,2H3,(H-,17,22,24,25)/p+1. The summed E-state index contributed by atoms with van der Waals surface area (Å²) in [6, 6.07) is -0.919. The molecule has 11 nitrogen and oxygen atoms in total. The van der Waals surface area contributed by atoms with Crippen LogP contribution in [0.1, 0.15) is 19.8 Å². The van der Waals surface area contributed by atoms with E-state index in [4.69, 9.17) is 15.7 Å². The van der Waals surface area contributed by atoms with Gasteiger partial charge in [-0.1, -0.05) is 0 Å². The lowest BCUT2D eigenvalue weighted by Crippen LogP contribution is -2.61. The summed E-state index contributed by atoms with van der Waals surface area (Å²) in [4.78, 5) is 36.3. The maximum Gasteiger partial charge on any atom is 0.695 e. The predicted octanol–water partition coefficient (Wildman–Crippen LogP) is -1.66. The Morgan fingerprint density at radius 2 is 2.32 bits per heavy atom. The molecule has 0 radical (unpaired) electrons. The monoisotopic (exact) mass is 414 g/mol. The Morgan fingerprint density at radius 3 is 2.93 bits per heavy atom. The summed E-state index contributed by atoms with van der Waals surface area (Å²) in [6.45, 7) is 0.865. The summed E-state index contributed by atoms with van der Waals surface area (Å²) >= 11 is 0. The quantitative estimate of drug-likeness (QED) is 0.296. The molecule has 152 valence electrons. The van der Waals surface area contributed by atoms with Crippen LogP contribution in [0.4, 0.5) is 0 Å². The Morgan fingerprint density at radius 1 is 1.61 bits per heavy atom. The minimum atomic E-state index is -3.05. The maximum atomic E-state index is 12.6. The van der Waals surface area contributed by atoms with E-state index in [9.17, 15) is 29.3 Å². The molecule has 0 aromatic rings. The second-order valence-corrected chi connectivity index (χ2v) is 7.50. The first-order valence-electron chi connectivity index (χ1n) is 8.53. The van der Waals surface area contributed by atoms with Gasteiger partial charge in [-0.05, 0) is 6.92 Å². The zero-order valence-electron chi connectivity index (χ0n) is 15.0. The molecule has 0 spiro atoms. The molecule has 2 fully saturated rings. The molecule has 0 aromatic carbocycles. The molecule has 3 rings (SSSR count). The van der Waals surface area contributed by atoms with Crippen LogP contribution in [0.3, 0.4) is 0 Å². The van der Waals surface area contributed by atoms with Gasteiger partial charge in [-0.2, -0.15) is 0 Å². The van der Waals surface area contributed by atoms with Crippen molar-refractivity contribution in [3.63, 3.8) is 0 Å². The van der Waals surface area contributed by atoms with E-state index < -0.39 is 51.1 Å². The first kappa shape index (κ1) is 20.7. The van der Waals surface area contributed by atoms with Gasteiger partial charge >= 0.3 is 8.25 Å². The second-order valence-electron chi connectivity index (χ2n) is 6.82. The number of carbonyl (C=O) groups excluding carboxylic acids is 2. The number of amides is 2. The van der Waals surface area contributed by atoms with E-state index in [0.717, 1.165) is 0 Å². The Kier molecular flexibility index (Phi) is 5.72. The van der Waals surface area contributed by atoms with Crippen molar-refractivity contribution in [1.82, 2.24) is 15.1 Å². The van der Waals surface area contributed by atoms with E-state index in [0.29, 0.717) is 0 Å². The van der Waals surface area contributed by atoms with Crippen LogP contribution in [0.25, 0.3) is 0 Å². The summed E-state index contributed by atoms with van der Waals surface area (Å²) in [5.41, 5.74) is -1.18. The molecule has 2 bridgehead atoms. The van der Waals surface area contributed by atoms with Crippen LogP contribution < -0.4 is 5.32 Å². The molecule has 6 unspecified atom stereocenters. The minimum absolute atomic E-state index is 0.0351. The van der Waals surface area contributed by atoms with Gasteiger partial charge in [0.25, 0.3) is 5.91 Å². The van der Waals surface area contributed by atoms with Crippen molar-refractivity contribution in [2.24, 2.45) is 0 Å². The first-order chi connectivity index (χ1) is 13.2. The molecule has 0 saturated carbocycles. The Hall–Kier alpha value is -2.06. The van der Waals surface area contributed by atoms with Gasteiger partial charge in [0.1, 0.15) is 11.6 Å². The maximum absolute atomic E-state index is 12.6. The Labute approximate surface area is 161 Å². The lowest BCUT2D eigenvalue weighted by molar-refractivity contribution is -0.200. The summed E-state index contributed by atoms with van der Waals surface area (Å²) in [5.74, 6) is 1.55. The van der Waals surface area contributed by atoms with E-state index in [1.165, 1.54) is 22.9 Å². The van der Waals surface area contributed by atoms with E-state index in [1.54, 1.807) is 0 Å². The smallest absolute Gasteiger partial charge is 0.393 e. The average molecular weight is 414 g/mol. The third kappa shape index (κ3) is 3.39. The number of terminal acetylenes is 1. The van der Waals surface area contributed by atoms with Gasteiger partial charge < -0.3 is 30.1 Å². The molecule has 2 saturated heterocycles. The number of hydrogen-bond acceptors (Lipinski definition) is 8. The molecule has 0 aromatic heterocycles. The molecule has 3 aliphatic heterocycles. The van der Waals surface area contributed by atoms with Crippen molar-refractivity contribution in [3.8, 4) is 12.3 Å². The normalized spacial score (nSPS) is 34.8. The van der Waals surface area contributed by atoms with Crippen molar-refractivity contribution in [2.45, 2.75) is 50.1 Å². The summed E-state index contributed by atoms with van der Waals surface area (Å²) in [5, 5.41) is 22.6. The van der Waals surface area contributed by atoms with Gasteiger partial charge in [0.15, 0.2) is 12.3 Å². The molecule has 3 aliphatic rings. The highest BCUT2D eigenvalue weighted by Crippen LogP contribution is 2.48. The average Bonchev–Trinajstić information content (AvgIpc) is 3.12. The molecule has 2 amide bonds. The van der Waals surface area contributed by atoms with Crippen molar-refractivity contribution in [3.05, 3.63) is 11.8 Å². The van der Waals surface area contributed by atoms with Gasteiger partial charge in [0.2, 0.25) is 12.3 Å². The summed E-state index contributed by atoms with van der Waals surface area (Å²) in [6.07, 6.45) is 3.19. The number of ether oxygens (including phenoxy) is 1. The minimum Gasteiger partial charge on any atom is -0.393 e. The van der Waals surface area contributed by atoms with Crippen molar-refractivity contribution < 1.29 is 38.5 Å². The highest BCUT2D eigenvalue weighted by molar-refractivity contribution is 7.32. The zero-order valence-corrected chi connectivity index (χ0v) is 15.9. The van der Waals surface area contributed by atoms with Gasteiger partial charge in [-0.3, -0.25) is 9.59 Å². The summed E-state index contributed by atoms with van der Waals surface area (Å²) < 4.78 is 22.4. The number of nitrogens with one attached hydrogen (secondary N) is 1. The van der Waals surface area contributed by atoms with Gasteiger partial charge in [0.05, 0.1) is 13.2 Å². The zero-order chi connectivity index (χ0) is 20.6. The fourth-order valence-corrected chi connectivity index (χ4v) is 4.31. The number of morpholine rings is 1. The Bertz CT molecular complexity index is 767. The highest BCUT2D eigenvalue weighted by Gasteiger charge is 2.69. The van der Waals surface area contributed by atoms with E-state index in [2.05, 4.69) is 11.2 Å². The number of aliphatic hydroxyl groups is 2. The van der Waals surface area contributed by atoms with Gasteiger partial charge in [-0.15, -0.1) is 21.8 Å². The largest absolute Gasteiger partial charge is 0.695 e. The van der Waals surface area contributed by atoms with E-state index >= 15 is 0 Å². The number of aliphatic hydroxyl groups excluding tert-OH is 2. The second kappa shape index (κ2) is 7.75.